The van der Waals surface area contributed by atoms with Crippen molar-refractivity contribution in [1.29, 1.82) is 0 Å². The number of nitrogens with zero attached hydrogens (tertiary/aromatic N) is 1. The summed E-state index contributed by atoms with van der Waals surface area (Å²) in [5.74, 6) is 0.273. The van der Waals surface area contributed by atoms with E-state index in [1.165, 1.54) is 29.7 Å². The summed E-state index contributed by atoms with van der Waals surface area (Å²) >= 11 is 1.34. The number of hydrogen-bond acceptors (Lipinski definition) is 6. The number of hydrogen-bond donors (Lipinski definition) is 1. The molecule has 0 saturated heterocycles. The molecule has 0 bridgehead atoms. The SMILES string of the molecule is CCOc1ccc(N/C=C\C(=O)c2cccs2)c([N+](=O)[O-])c1. The Bertz CT molecular complexity index is 696. The van der Waals surface area contributed by atoms with Crippen LogP contribution >= 0.6 is 11.3 Å². The first-order valence-electron chi connectivity index (χ1n) is 6.54. The molecule has 0 spiro atoms. The van der Waals surface area contributed by atoms with Gasteiger partial charge in [0, 0.05) is 12.3 Å². The zero-order valence-corrected chi connectivity index (χ0v) is 12.6. The van der Waals surface area contributed by atoms with E-state index in [-0.39, 0.29) is 11.5 Å². The number of ether oxygens (including phenoxy) is 1. The van der Waals surface area contributed by atoms with Crippen LogP contribution in [0.3, 0.4) is 0 Å². The minimum absolute atomic E-state index is 0.112. The topological polar surface area (TPSA) is 81.5 Å². The number of rotatable bonds is 7. The predicted molar refractivity (Wildman–Crippen MR) is 85.7 cm³/mol. The lowest BCUT2D eigenvalue weighted by atomic mass is 10.2. The third kappa shape index (κ3) is 3.92. The first kappa shape index (κ1) is 15.7. The molecule has 6 nitrogen and oxygen atoms in total. The highest BCUT2D eigenvalue weighted by Crippen LogP contribution is 2.29. The molecule has 0 fully saturated rings. The maximum Gasteiger partial charge on any atom is 0.296 e. The number of nitro benzene ring substituents is 1. The van der Waals surface area contributed by atoms with Crippen LogP contribution in [-0.4, -0.2) is 17.3 Å². The van der Waals surface area contributed by atoms with Crippen LogP contribution < -0.4 is 10.1 Å². The molecule has 1 heterocycles. The van der Waals surface area contributed by atoms with Gasteiger partial charge in [0.05, 0.1) is 22.5 Å². The third-order valence-electron chi connectivity index (χ3n) is 2.71. The van der Waals surface area contributed by atoms with Crippen molar-refractivity contribution < 1.29 is 14.5 Å². The van der Waals surface area contributed by atoms with Crippen LogP contribution in [0.25, 0.3) is 0 Å². The summed E-state index contributed by atoms with van der Waals surface area (Å²) in [6, 6.07) is 8.03. The summed E-state index contributed by atoms with van der Waals surface area (Å²) in [6.07, 6.45) is 2.73. The Hall–Kier alpha value is -2.67. The fraction of sp³-hybridized carbons (Fsp3) is 0.133. The van der Waals surface area contributed by atoms with Crippen LogP contribution in [0, 0.1) is 10.1 Å². The molecule has 2 rings (SSSR count). The Morgan fingerprint density at radius 3 is 2.91 bits per heavy atom. The normalized spacial score (nSPS) is 10.6. The summed E-state index contributed by atoms with van der Waals surface area (Å²) in [4.78, 5) is 23.0. The van der Waals surface area contributed by atoms with E-state index in [4.69, 9.17) is 4.74 Å². The summed E-state index contributed by atoms with van der Waals surface area (Å²) in [7, 11) is 0. The minimum Gasteiger partial charge on any atom is -0.494 e. The van der Waals surface area contributed by atoms with E-state index >= 15 is 0 Å². The molecule has 0 radical (unpaired) electrons. The molecule has 0 atom stereocenters. The number of thiophene rings is 1. The third-order valence-corrected chi connectivity index (χ3v) is 3.60. The van der Waals surface area contributed by atoms with Gasteiger partial charge < -0.3 is 10.1 Å². The molecule has 0 saturated carbocycles. The van der Waals surface area contributed by atoms with E-state index in [2.05, 4.69) is 5.32 Å². The van der Waals surface area contributed by atoms with Crippen LogP contribution in [0.2, 0.25) is 0 Å². The van der Waals surface area contributed by atoms with Crippen molar-refractivity contribution in [3.05, 3.63) is 63.0 Å². The Balaban J connectivity index is 2.12. The largest absolute Gasteiger partial charge is 0.494 e. The Morgan fingerprint density at radius 2 is 2.27 bits per heavy atom. The molecule has 2 aromatic rings. The van der Waals surface area contributed by atoms with Crippen molar-refractivity contribution in [1.82, 2.24) is 0 Å². The Kier molecular flexibility index (Phi) is 5.26. The second-order valence-electron chi connectivity index (χ2n) is 4.19. The summed E-state index contributed by atoms with van der Waals surface area (Å²) in [5.41, 5.74) is 0.183. The van der Waals surface area contributed by atoms with E-state index in [9.17, 15) is 14.9 Å². The second-order valence-corrected chi connectivity index (χ2v) is 5.14. The molecule has 7 heteroatoms. The molecule has 0 unspecified atom stereocenters. The minimum atomic E-state index is -0.500. The van der Waals surface area contributed by atoms with Crippen molar-refractivity contribution in [2.75, 3.05) is 11.9 Å². The van der Waals surface area contributed by atoms with Gasteiger partial charge in [0.2, 0.25) is 0 Å². The number of allylic oxidation sites excluding steroid dienone is 1. The Labute approximate surface area is 131 Å². The molecule has 1 aromatic carbocycles. The van der Waals surface area contributed by atoms with Crippen LogP contribution in [0.1, 0.15) is 16.6 Å². The quantitative estimate of drug-likeness (QED) is 0.363. The van der Waals surface area contributed by atoms with Gasteiger partial charge in [0.15, 0.2) is 5.78 Å². The molecule has 0 aliphatic heterocycles. The van der Waals surface area contributed by atoms with E-state index < -0.39 is 4.92 Å². The molecule has 0 amide bonds. The van der Waals surface area contributed by atoms with Crippen LogP contribution in [0.4, 0.5) is 11.4 Å². The summed E-state index contributed by atoms with van der Waals surface area (Å²) in [6.45, 7) is 2.23. The lowest BCUT2D eigenvalue weighted by Gasteiger charge is -2.06. The van der Waals surface area contributed by atoms with Crippen molar-refractivity contribution in [2.45, 2.75) is 6.92 Å². The molecular formula is C15H14N2O4S. The van der Waals surface area contributed by atoms with E-state index in [0.29, 0.717) is 22.9 Å². The molecule has 1 N–H and O–H groups in total. The molecule has 0 aliphatic rings. The van der Waals surface area contributed by atoms with Crippen molar-refractivity contribution in [2.24, 2.45) is 0 Å². The zero-order valence-electron chi connectivity index (χ0n) is 11.8. The molecule has 22 heavy (non-hydrogen) atoms. The number of ketones is 1. The number of carbonyl (C=O) groups excluding carboxylic acids is 1. The monoisotopic (exact) mass is 318 g/mol. The van der Waals surface area contributed by atoms with Crippen molar-refractivity contribution in [3.63, 3.8) is 0 Å². The van der Waals surface area contributed by atoms with Gasteiger partial charge in [0.25, 0.3) is 5.69 Å². The zero-order chi connectivity index (χ0) is 15.9. The number of carbonyl (C=O) groups is 1. The van der Waals surface area contributed by atoms with Crippen molar-refractivity contribution >= 4 is 28.5 Å². The van der Waals surface area contributed by atoms with Gasteiger partial charge in [-0.2, -0.15) is 0 Å². The maximum absolute atomic E-state index is 11.8. The van der Waals surface area contributed by atoms with Gasteiger partial charge in [-0.05, 0) is 30.5 Å². The molecule has 114 valence electrons. The highest BCUT2D eigenvalue weighted by Gasteiger charge is 2.14. The van der Waals surface area contributed by atoms with Crippen LogP contribution in [-0.2, 0) is 0 Å². The smallest absolute Gasteiger partial charge is 0.296 e. The first-order chi connectivity index (χ1) is 10.6. The molecule has 1 aromatic heterocycles. The standard InChI is InChI=1S/C15H14N2O4S/c1-2-21-11-5-6-12(13(10-11)17(19)20)16-8-7-14(18)15-4-3-9-22-15/h3-10,16H,2H2,1H3/b8-7-. The van der Waals surface area contributed by atoms with Gasteiger partial charge in [-0.25, -0.2) is 0 Å². The van der Waals surface area contributed by atoms with Crippen LogP contribution in [0.5, 0.6) is 5.75 Å². The van der Waals surface area contributed by atoms with Gasteiger partial charge >= 0.3 is 0 Å². The number of benzene rings is 1. The lowest BCUT2D eigenvalue weighted by Crippen LogP contribution is -1.99. The van der Waals surface area contributed by atoms with E-state index in [1.54, 1.807) is 31.2 Å². The van der Waals surface area contributed by atoms with Gasteiger partial charge in [-0.3, -0.25) is 14.9 Å². The average molecular weight is 318 g/mol. The number of anilines is 1. The summed E-state index contributed by atoms with van der Waals surface area (Å²) in [5, 5.41) is 15.7. The Morgan fingerprint density at radius 1 is 1.45 bits per heavy atom. The lowest BCUT2D eigenvalue weighted by molar-refractivity contribution is -0.384. The van der Waals surface area contributed by atoms with E-state index in [0.717, 1.165) is 0 Å². The van der Waals surface area contributed by atoms with Crippen LogP contribution in [0.15, 0.2) is 48.0 Å². The maximum atomic E-state index is 11.8. The highest BCUT2D eigenvalue weighted by atomic mass is 32.1. The predicted octanol–water partition coefficient (Wildman–Crippen LogP) is 3.86. The van der Waals surface area contributed by atoms with Gasteiger partial charge in [0.1, 0.15) is 11.4 Å². The molecule has 0 aliphatic carbocycles. The number of nitrogens with one attached hydrogen (secondary N) is 1. The fourth-order valence-corrected chi connectivity index (χ4v) is 2.39. The second kappa shape index (κ2) is 7.37. The highest BCUT2D eigenvalue weighted by molar-refractivity contribution is 7.12. The summed E-state index contributed by atoms with van der Waals surface area (Å²) < 4.78 is 5.24. The van der Waals surface area contributed by atoms with Crippen molar-refractivity contribution in [3.8, 4) is 5.75 Å². The van der Waals surface area contributed by atoms with Gasteiger partial charge in [-0.15, -0.1) is 11.3 Å². The van der Waals surface area contributed by atoms with Gasteiger partial charge in [-0.1, -0.05) is 6.07 Å². The first-order valence-corrected chi connectivity index (χ1v) is 7.42. The van der Waals surface area contributed by atoms with E-state index in [1.807, 2.05) is 5.38 Å². The number of nitro groups is 1. The average Bonchev–Trinajstić information content (AvgIpc) is 3.03. The fourth-order valence-electron chi connectivity index (χ4n) is 1.75. The molecular weight excluding hydrogens is 304 g/mol.